The monoisotopic (exact) mass is 594 g/mol. The van der Waals surface area contributed by atoms with Crippen LogP contribution in [-0.2, 0) is 9.53 Å². The van der Waals surface area contributed by atoms with Crippen LogP contribution in [0.15, 0.2) is 35.1 Å². The Hall–Kier alpha value is -3.44. The number of alkyl carbamates (subject to hydrolysis) is 1. The molecular formula is C32H46N6O5. The van der Waals surface area contributed by atoms with E-state index >= 15 is 0 Å². The lowest BCUT2D eigenvalue weighted by Gasteiger charge is -2.41. The third-order valence-corrected chi connectivity index (χ3v) is 9.57. The number of hydrogen-bond donors (Lipinski definition) is 2. The van der Waals surface area contributed by atoms with Gasteiger partial charge in [0.25, 0.3) is 11.5 Å². The number of nitrogens with one attached hydrogen (secondary N) is 2. The van der Waals surface area contributed by atoms with Crippen molar-refractivity contribution < 1.29 is 19.1 Å². The van der Waals surface area contributed by atoms with Crippen molar-refractivity contribution in [3.05, 3.63) is 46.2 Å². The first kappa shape index (κ1) is 31.0. The van der Waals surface area contributed by atoms with Crippen molar-refractivity contribution >= 4 is 28.8 Å². The van der Waals surface area contributed by atoms with Crippen LogP contribution in [0, 0.1) is 0 Å². The van der Waals surface area contributed by atoms with Crippen molar-refractivity contribution in [3.8, 4) is 0 Å². The van der Waals surface area contributed by atoms with Crippen molar-refractivity contribution in [2.75, 3.05) is 40.3 Å². The average molecular weight is 595 g/mol. The van der Waals surface area contributed by atoms with Crippen molar-refractivity contribution in [1.29, 1.82) is 0 Å². The van der Waals surface area contributed by atoms with Gasteiger partial charge in [-0.15, -0.1) is 0 Å². The Balaban J connectivity index is 1.24. The number of pyridine rings is 1. The number of carbonyl (C=O) groups is 3. The number of likely N-dealkylation sites (tertiary alicyclic amines) is 1. The van der Waals surface area contributed by atoms with Crippen molar-refractivity contribution in [1.82, 2.24) is 29.9 Å². The minimum atomic E-state index is -0.446. The first-order valence-electron chi connectivity index (χ1n) is 15.6. The third-order valence-electron chi connectivity index (χ3n) is 9.57. The van der Waals surface area contributed by atoms with E-state index in [9.17, 15) is 19.2 Å². The van der Waals surface area contributed by atoms with Gasteiger partial charge < -0.3 is 24.8 Å². The number of nitrogens with zero attached hydrogens (tertiary/aromatic N) is 4. The fourth-order valence-electron chi connectivity index (χ4n) is 7.33. The van der Waals surface area contributed by atoms with Crippen LogP contribution in [-0.4, -0.2) is 108 Å². The maximum atomic E-state index is 13.5. The van der Waals surface area contributed by atoms with Gasteiger partial charge in [-0.2, -0.15) is 0 Å². The molecule has 4 heterocycles. The first-order valence-corrected chi connectivity index (χ1v) is 15.6. The number of amides is 3. The molecular weight excluding hydrogens is 548 g/mol. The van der Waals surface area contributed by atoms with Crippen LogP contribution in [0.3, 0.4) is 0 Å². The molecule has 3 fully saturated rings. The minimum absolute atomic E-state index is 0.0283. The van der Waals surface area contributed by atoms with E-state index in [1.807, 2.05) is 45.2 Å². The maximum Gasteiger partial charge on any atom is 0.407 e. The molecule has 3 amide bonds. The number of hydrogen-bond acceptors (Lipinski definition) is 7. The predicted molar refractivity (Wildman–Crippen MR) is 165 cm³/mol. The van der Waals surface area contributed by atoms with Gasteiger partial charge in [-0.05, 0) is 63.5 Å². The minimum Gasteiger partial charge on any atom is -0.444 e. The topological polar surface area (TPSA) is 116 Å². The fraction of sp³-hybridized carbons (Fsp3) is 0.625. The van der Waals surface area contributed by atoms with E-state index in [0.717, 1.165) is 56.1 Å². The molecule has 0 radical (unpaired) electrons. The molecule has 0 saturated carbocycles. The van der Waals surface area contributed by atoms with E-state index in [2.05, 4.69) is 20.4 Å². The Morgan fingerprint density at radius 2 is 1.77 bits per heavy atom. The number of fused-ring (bicyclic) bond motifs is 3. The molecule has 2 bridgehead atoms. The molecule has 3 aliphatic heterocycles. The highest BCUT2D eigenvalue weighted by molar-refractivity contribution is 5.97. The van der Waals surface area contributed by atoms with E-state index in [1.54, 1.807) is 29.5 Å². The Bertz CT molecular complexity index is 1390. The summed E-state index contributed by atoms with van der Waals surface area (Å²) in [6.07, 6.45) is 3.76. The van der Waals surface area contributed by atoms with Crippen LogP contribution < -0.4 is 16.2 Å². The molecule has 234 valence electrons. The Morgan fingerprint density at radius 3 is 2.42 bits per heavy atom. The molecule has 3 aliphatic rings. The number of carbonyl (C=O) groups excluding carboxylic acids is 3. The zero-order chi connectivity index (χ0) is 30.8. The summed E-state index contributed by atoms with van der Waals surface area (Å²) in [6, 6.07) is 9.98. The number of piperidine rings is 1. The SMILES string of the molecule is CNC(=O)O[C@@H](CN1CC[C@@H](N(C)C(C)=O)C1)CN1C2CC[C@@H]1CC(NC(=O)c1cc3ccccc3n(C(C)C)c1=O)C2. The third kappa shape index (κ3) is 6.72. The Morgan fingerprint density at radius 1 is 1.07 bits per heavy atom. The molecule has 5 rings (SSSR count). The normalized spacial score (nSPS) is 24.7. The van der Waals surface area contributed by atoms with Crippen LogP contribution in [0.1, 0.15) is 69.3 Å². The second-order valence-corrected chi connectivity index (χ2v) is 12.7. The highest BCUT2D eigenvalue weighted by Gasteiger charge is 2.43. The lowest BCUT2D eigenvalue weighted by molar-refractivity contribution is -0.129. The van der Waals surface area contributed by atoms with E-state index in [0.29, 0.717) is 13.1 Å². The molecule has 11 nitrogen and oxygen atoms in total. The number of para-hydroxylation sites is 1. The summed E-state index contributed by atoms with van der Waals surface area (Å²) in [5, 5.41) is 6.64. The van der Waals surface area contributed by atoms with Crippen molar-refractivity contribution in [2.24, 2.45) is 0 Å². The van der Waals surface area contributed by atoms with Gasteiger partial charge in [-0.1, -0.05) is 18.2 Å². The van der Waals surface area contributed by atoms with E-state index in [1.165, 1.54) is 0 Å². The van der Waals surface area contributed by atoms with Gasteiger partial charge in [0.15, 0.2) is 0 Å². The predicted octanol–water partition coefficient (Wildman–Crippen LogP) is 2.58. The highest BCUT2D eigenvalue weighted by Crippen LogP contribution is 2.36. The maximum absolute atomic E-state index is 13.5. The molecule has 43 heavy (non-hydrogen) atoms. The lowest BCUT2D eigenvalue weighted by Crippen LogP contribution is -2.54. The molecule has 1 aromatic carbocycles. The summed E-state index contributed by atoms with van der Waals surface area (Å²) in [4.78, 5) is 57.5. The molecule has 0 spiro atoms. The second kappa shape index (κ2) is 13.1. The zero-order valence-electron chi connectivity index (χ0n) is 26.0. The van der Waals surface area contributed by atoms with Gasteiger partial charge in [0, 0.05) is 77.4 Å². The molecule has 5 atom stereocenters. The molecule has 11 heteroatoms. The van der Waals surface area contributed by atoms with Gasteiger partial charge in [-0.3, -0.25) is 24.2 Å². The Kier molecular flexibility index (Phi) is 9.41. The highest BCUT2D eigenvalue weighted by atomic mass is 16.6. The largest absolute Gasteiger partial charge is 0.444 e. The smallest absolute Gasteiger partial charge is 0.407 e. The van der Waals surface area contributed by atoms with Gasteiger partial charge in [0.05, 0.1) is 5.52 Å². The molecule has 2 aromatic rings. The zero-order valence-corrected chi connectivity index (χ0v) is 26.0. The van der Waals surface area contributed by atoms with Crippen LogP contribution >= 0.6 is 0 Å². The van der Waals surface area contributed by atoms with Crippen LogP contribution in [0.4, 0.5) is 4.79 Å². The quantitative estimate of drug-likeness (QED) is 0.459. The molecule has 3 saturated heterocycles. The summed E-state index contributed by atoms with van der Waals surface area (Å²) in [6.45, 7) is 8.34. The number of likely N-dealkylation sites (N-methyl/N-ethyl adjacent to an activating group) is 1. The van der Waals surface area contributed by atoms with Crippen LogP contribution in [0.2, 0.25) is 0 Å². The summed E-state index contributed by atoms with van der Waals surface area (Å²) in [7, 11) is 3.41. The number of benzene rings is 1. The summed E-state index contributed by atoms with van der Waals surface area (Å²) >= 11 is 0. The van der Waals surface area contributed by atoms with E-state index in [-0.39, 0.29) is 59.3 Å². The van der Waals surface area contributed by atoms with Crippen molar-refractivity contribution in [2.45, 2.75) is 89.2 Å². The standard InChI is InChI=1S/C32H46N6O5/c1-20(2)38-29-9-7-6-8-22(29)14-28(31(38)41)30(40)34-23-15-24-10-11-25(16-23)37(24)19-27(43-32(42)33-4)18-36-13-12-26(17-36)35(5)21(3)39/h6-9,14,20,23-27H,10-13,15-19H2,1-5H3,(H,33,42)(H,34,40)/t23?,24-,25?,26-,27+/m1/s1. The number of ether oxygens (including phenoxy) is 1. The first-order chi connectivity index (χ1) is 20.5. The summed E-state index contributed by atoms with van der Waals surface area (Å²) in [5.41, 5.74) is 0.745. The molecule has 2 N–H and O–H groups in total. The van der Waals surface area contributed by atoms with Gasteiger partial charge in [0.2, 0.25) is 5.91 Å². The van der Waals surface area contributed by atoms with E-state index in [4.69, 9.17) is 4.74 Å². The van der Waals surface area contributed by atoms with Crippen LogP contribution in [0.25, 0.3) is 10.9 Å². The van der Waals surface area contributed by atoms with Gasteiger partial charge >= 0.3 is 6.09 Å². The summed E-state index contributed by atoms with van der Waals surface area (Å²) in [5.74, 6) is -0.259. The fourth-order valence-corrected chi connectivity index (χ4v) is 7.33. The van der Waals surface area contributed by atoms with Gasteiger partial charge in [-0.25, -0.2) is 4.79 Å². The lowest BCUT2D eigenvalue weighted by atomic mass is 9.96. The molecule has 2 unspecified atom stereocenters. The molecule has 1 aromatic heterocycles. The summed E-state index contributed by atoms with van der Waals surface area (Å²) < 4.78 is 7.54. The average Bonchev–Trinajstić information content (AvgIpc) is 3.52. The molecule has 0 aliphatic carbocycles. The van der Waals surface area contributed by atoms with Gasteiger partial charge in [0.1, 0.15) is 11.7 Å². The number of aromatic nitrogens is 1. The second-order valence-electron chi connectivity index (χ2n) is 12.7. The Labute approximate surface area is 253 Å². The van der Waals surface area contributed by atoms with Crippen molar-refractivity contribution in [3.63, 3.8) is 0 Å². The number of rotatable bonds is 9. The van der Waals surface area contributed by atoms with E-state index < -0.39 is 6.09 Å². The van der Waals surface area contributed by atoms with Crippen LogP contribution in [0.5, 0.6) is 0 Å².